The molecule has 2 aliphatic rings. The largest absolute Gasteiger partial charge is 0.494 e. The van der Waals surface area contributed by atoms with Gasteiger partial charge in [0.05, 0.1) is 32.9 Å². The summed E-state index contributed by atoms with van der Waals surface area (Å²) in [6, 6.07) is 8.67. The van der Waals surface area contributed by atoms with Crippen LogP contribution in [0.1, 0.15) is 43.5 Å². The van der Waals surface area contributed by atoms with E-state index in [1.54, 1.807) is 30.9 Å². The van der Waals surface area contributed by atoms with Crippen LogP contribution < -0.4 is 14.5 Å². The molecule has 2 saturated heterocycles. The zero-order chi connectivity index (χ0) is 26.0. The summed E-state index contributed by atoms with van der Waals surface area (Å²) in [6.07, 6.45) is 3.29. The summed E-state index contributed by atoms with van der Waals surface area (Å²) in [4.78, 5) is 20.1. The van der Waals surface area contributed by atoms with Gasteiger partial charge in [-0.15, -0.1) is 0 Å². The number of rotatable bonds is 6. The number of hydrogen-bond acceptors (Lipinski definition) is 6. The molecule has 7 nitrogen and oxygen atoms in total. The first-order valence-electron chi connectivity index (χ1n) is 12.3. The van der Waals surface area contributed by atoms with Crippen molar-refractivity contribution in [1.29, 1.82) is 0 Å². The Hall–Kier alpha value is -2.16. The molecular formula is C26H33Cl2N3O4S. The molecular weight excluding hydrogens is 521 g/mol. The molecule has 196 valence electrons. The maximum Gasteiger partial charge on any atom is 0.256 e. The first-order chi connectivity index (χ1) is 17.1. The fraction of sp³-hybridized carbons (Fsp3) is 0.500. The topological polar surface area (TPSA) is 70.2 Å². The van der Waals surface area contributed by atoms with Crippen LogP contribution in [-0.4, -0.2) is 70.9 Å². The maximum atomic E-state index is 13.8. The number of anilines is 2. The van der Waals surface area contributed by atoms with Crippen molar-refractivity contribution in [3.05, 3.63) is 45.9 Å². The summed E-state index contributed by atoms with van der Waals surface area (Å²) in [7, 11) is -1.98. The number of amides is 1. The molecule has 0 N–H and O–H groups in total. The molecule has 2 aromatic rings. The van der Waals surface area contributed by atoms with Crippen LogP contribution in [0, 0.1) is 0 Å². The zero-order valence-corrected chi connectivity index (χ0v) is 23.3. The predicted molar refractivity (Wildman–Crippen MR) is 146 cm³/mol. The molecule has 2 heterocycles. The monoisotopic (exact) mass is 553 g/mol. The Kier molecular flexibility index (Phi) is 8.27. The summed E-state index contributed by atoms with van der Waals surface area (Å²) in [5.41, 5.74) is 2.15. The van der Waals surface area contributed by atoms with Gasteiger partial charge < -0.3 is 19.4 Å². The standard InChI is InChI=1S/C26H33Cl2N3O4S/c1-18(2)36(33,34)20-7-8-24(30-9-5-4-6-10-30)21(17-20)26(32)31-13-11-29(12-14-31)19-15-22(27)25(35-3)23(28)16-19/h7-8,15-18H,4-6,9-14H2,1-3H3. The molecule has 0 radical (unpaired) electrons. The fourth-order valence-electron chi connectivity index (χ4n) is 4.81. The first-order valence-corrected chi connectivity index (χ1v) is 14.6. The number of benzene rings is 2. The second-order valence-corrected chi connectivity index (χ2v) is 12.9. The normalized spacial score (nSPS) is 17.0. The number of halogens is 2. The van der Waals surface area contributed by atoms with Gasteiger partial charge in [-0.3, -0.25) is 4.79 Å². The number of ether oxygens (including phenoxy) is 1. The molecule has 2 aliphatic heterocycles. The number of methoxy groups -OCH3 is 1. The third-order valence-electron chi connectivity index (χ3n) is 6.96. The Morgan fingerprint density at radius 2 is 1.50 bits per heavy atom. The van der Waals surface area contributed by atoms with Crippen molar-refractivity contribution in [2.24, 2.45) is 0 Å². The number of hydrogen-bond donors (Lipinski definition) is 0. The Morgan fingerprint density at radius 3 is 2.06 bits per heavy atom. The number of carbonyl (C=O) groups is 1. The second kappa shape index (κ2) is 11.1. The number of piperazine rings is 1. The Bertz CT molecular complexity index is 1200. The highest BCUT2D eigenvalue weighted by molar-refractivity contribution is 7.92. The molecule has 0 atom stereocenters. The summed E-state index contributed by atoms with van der Waals surface area (Å²) < 4.78 is 31.0. The highest BCUT2D eigenvalue weighted by atomic mass is 35.5. The van der Waals surface area contributed by atoms with Crippen LogP contribution in [0.4, 0.5) is 11.4 Å². The van der Waals surface area contributed by atoms with Crippen LogP contribution in [0.15, 0.2) is 35.2 Å². The van der Waals surface area contributed by atoms with E-state index in [0.717, 1.165) is 37.3 Å². The van der Waals surface area contributed by atoms with E-state index >= 15 is 0 Å². The van der Waals surface area contributed by atoms with Crippen molar-refractivity contribution in [2.75, 3.05) is 56.2 Å². The van der Waals surface area contributed by atoms with Gasteiger partial charge >= 0.3 is 0 Å². The molecule has 10 heteroatoms. The molecule has 0 spiro atoms. The van der Waals surface area contributed by atoms with E-state index in [-0.39, 0.29) is 10.8 Å². The van der Waals surface area contributed by atoms with E-state index in [1.165, 1.54) is 13.5 Å². The molecule has 4 rings (SSSR count). The van der Waals surface area contributed by atoms with Crippen LogP contribution in [0.3, 0.4) is 0 Å². The molecule has 0 bridgehead atoms. The molecule has 0 unspecified atom stereocenters. The van der Waals surface area contributed by atoms with Gasteiger partial charge in [0.1, 0.15) is 0 Å². The van der Waals surface area contributed by atoms with Crippen molar-refractivity contribution in [2.45, 2.75) is 43.3 Å². The predicted octanol–water partition coefficient (Wildman–Crippen LogP) is 5.14. The van der Waals surface area contributed by atoms with Gasteiger partial charge in [0, 0.05) is 50.6 Å². The molecule has 0 aliphatic carbocycles. The molecule has 1 amide bonds. The minimum absolute atomic E-state index is 0.137. The summed E-state index contributed by atoms with van der Waals surface area (Å²) in [5.74, 6) is 0.305. The summed E-state index contributed by atoms with van der Waals surface area (Å²) >= 11 is 12.6. The van der Waals surface area contributed by atoms with Crippen LogP contribution in [0.5, 0.6) is 5.75 Å². The maximum absolute atomic E-state index is 13.8. The lowest BCUT2D eigenvalue weighted by atomic mass is 10.1. The third kappa shape index (κ3) is 5.41. The Morgan fingerprint density at radius 1 is 0.889 bits per heavy atom. The average molecular weight is 555 g/mol. The first kappa shape index (κ1) is 26.9. The van der Waals surface area contributed by atoms with Crippen LogP contribution >= 0.6 is 23.2 Å². The second-order valence-electron chi connectivity index (χ2n) is 9.54. The van der Waals surface area contributed by atoms with Gasteiger partial charge in [-0.1, -0.05) is 23.2 Å². The fourth-order valence-corrected chi connectivity index (χ4v) is 6.52. The minimum Gasteiger partial charge on any atom is -0.494 e. The number of nitrogens with zero attached hydrogens (tertiary/aromatic N) is 3. The Balaban J connectivity index is 1.58. The summed E-state index contributed by atoms with van der Waals surface area (Å²) in [5, 5.41) is 0.314. The van der Waals surface area contributed by atoms with E-state index < -0.39 is 15.1 Å². The van der Waals surface area contributed by atoms with E-state index in [1.807, 2.05) is 18.2 Å². The van der Waals surface area contributed by atoms with Gasteiger partial charge in [0.15, 0.2) is 15.6 Å². The third-order valence-corrected chi connectivity index (χ3v) is 9.68. The van der Waals surface area contributed by atoms with E-state index in [0.29, 0.717) is 47.5 Å². The molecule has 2 fully saturated rings. The molecule has 36 heavy (non-hydrogen) atoms. The van der Waals surface area contributed by atoms with Gasteiger partial charge in [-0.05, 0) is 63.4 Å². The zero-order valence-electron chi connectivity index (χ0n) is 21.0. The lowest BCUT2D eigenvalue weighted by Gasteiger charge is -2.37. The lowest BCUT2D eigenvalue weighted by Crippen LogP contribution is -2.49. The Labute approximate surface area is 223 Å². The highest BCUT2D eigenvalue weighted by Crippen LogP contribution is 2.37. The van der Waals surface area contributed by atoms with Crippen molar-refractivity contribution in [3.63, 3.8) is 0 Å². The van der Waals surface area contributed by atoms with Gasteiger partial charge in [-0.25, -0.2) is 8.42 Å². The minimum atomic E-state index is -3.50. The summed E-state index contributed by atoms with van der Waals surface area (Å²) in [6.45, 7) is 7.26. The van der Waals surface area contributed by atoms with Crippen molar-refractivity contribution in [3.8, 4) is 5.75 Å². The van der Waals surface area contributed by atoms with E-state index in [2.05, 4.69) is 9.80 Å². The number of carbonyl (C=O) groups excluding carboxylic acids is 1. The van der Waals surface area contributed by atoms with Crippen molar-refractivity contribution < 1.29 is 17.9 Å². The van der Waals surface area contributed by atoms with Crippen molar-refractivity contribution >= 4 is 50.3 Å². The SMILES string of the molecule is COc1c(Cl)cc(N2CCN(C(=O)c3cc(S(=O)(=O)C(C)C)ccc3N3CCCCC3)CC2)cc1Cl. The smallest absolute Gasteiger partial charge is 0.256 e. The highest BCUT2D eigenvalue weighted by Gasteiger charge is 2.29. The van der Waals surface area contributed by atoms with Crippen LogP contribution in [0.2, 0.25) is 10.0 Å². The van der Waals surface area contributed by atoms with Gasteiger partial charge in [0.25, 0.3) is 5.91 Å². The molecule has 2 aromatic carbocycles. The van der Waals surface area contributed by atoms with E-state index in [9.17, 15) is 13.2 Å². The number of sulfone groups is 1. The van der Waals surface area contributed by atoms with E-state index in [4.69, 9.17) is 27.9 Å². The number of piperidine rings is 1. The molecule has 0 saturated carbocycles. The van der Waals surface area contributed by atoms with Crippen molar-refractivity contribution in [1.82, 2.24) is 4.90 Å². The quantitative estimate of drug-likeness (QED) is 0.493. The van der Waals surface area contributed by atoms with Crippen LogP contribution in [-0.2, 0) is 9.84 Å². The van der Waals surface area contributed by atoms with Gasteiger partial charge in [-0.2, -0.15) is 0 Å². The molecule has 0 aromatic heterocycles. The van der Waals surface area contributed by atoms with Crippen LogP contribution in [0.25, 0.3) is 0 Å². The van der Waals surface area contributed by atoms with Gasteiger partial charge in [0.2, 0.25) is 0 Å². The average Bonchev–Trinajstić information content (AvgIpc) is 2.88. The lowest BCUT2D eigenvalue weighted by molar-refractivity contribution is 0.0747.